The van der Waals surface area contributed by atoms with Gasteiger partial charge in [0.2, 0.25) is 16.0 Å². The summed E-state index contributed by atoms with van der Waals surface area (Å²) < 4.78 is 28.1. The van der Waals surface area contributed by atoms with Gasteiger partial charge in [0.25, 0.3) is 0 Å². The van der Waals surface area contributed by atoms with Gasteiger partial charge in [0.1, 0.15) is 11.0 Å². The highest BCUT2D eigenvalue weighted by Gasteiger charge is 2.38. The lowest BCUT2D eigenvalue weighted by molar-refractivity contribution is 0.527. The second kappa shape index (κ2) is 6.59. The van der Waals surface area contributed by atoms with Crippen LogP contribution in [0.1, 0.15) is 18.4 Å². The molecule has 1 atom stereocenters. The second-order valence-corrected chi connectivity index (χ2v) is 9.14. The third-order valence-electron chi connectivity index (χ3n) is 4.97. The molecule has 138 valence electrons. The molecule has 0 aliphatic carbocycles. The van der Waals surface area contributed by atoms with E-state index in [1.807, 2.05) is 29.2 Å². The molecule has 0 radical (unpaired) electrons. The minimum atomic E-state index is -3.45. The lowest BCUT2D eigenvalue weighted by Gasteiger charge is -2.35. The Bertz CT molecular complexity index is 916. The molecule has 2 aliphatic rings. The van der Waals surface area contributed by atoms with Gasteiger partial charge in [0, 0.05) is 25.7 Å². The molecule has 9 heteroatoms. The third kappa shape index (κ3) is 3.07. The molecule has 0 spiro atoms. The first-order valence-electron chi connectivity index (χ1n) is 8.59. The number of benzene rings is 1. The van der Waals surface area contributed by atoms with Crippen LogP contribution in [-0.2, 0) is 16.4 Å². The smallest absolute Gasteiger partial charge is 0.239 e. The molecular formula is C17H20ClN5O2S. The third-order valence-corrected chi connectivity index (χ3v) is 7.39. The largest absolute Gasteiger partial charge is 0.368 e. The molecule has 3 heterocycles. The Morgan fingerprint density at radius 3 is 2.81 bits per heavy atom. The van der Waals surface area contributed by atoms with Gasteiger partial charge in [-0.05, 0) is 30.9 Å². The fraction of sp³-hybridized carbons (Fsp3) is 0.412. The van der Waals surface area contributed by atoms with Crippen molar-refractivity contribution in [2.45, 2.75) is 24.5 Å². The van der Waals surface area contributed by atoms with Gasteiger partial charge in [-0.1, -0.05) is 29.8 Å². The summed E-state index contributed by atoms with van der Waals surface area (Å²) >= 11 is 5.97. The number of hydrogen-bond acceptors (Lipinski definition) is 6. The van der Waals surface area contributed by atoms with Gasteiger partial charge in [-0.15, -0.1) is 0 Å². The zero-order valence-corrected chi connectivity index (χ0v) is 15.7. The standard InChI is InChI=1S/C17H20ClN5O2S/c18-15-10-16(21-17(19)20-15)22-8-3-5-13(11-22)26(24,25)23-9-7-12-4-1-2-6-14(12)23/h1-2,4,6,10,13H,3,5,7-9,11H2,(H2,19,20,21). The number of sulfonamides is 1. The van der Waals surface area contributed by atoms with Crippen LogP contribution in [0.2, 0.25) is 5.15 Å². The second-order valence-electron chi connectivity index (χ2n) is 6.61. The highest BCUT2D eigenvalue weighted by atomic mass is 35.5. The van der Waals surface area contributed by atoms with Gasteiger partial charge in [-0.25, -0.2) is 13.4 Å². The number of aromatic nitrogens is 2. The van der Waals surface area contributed by atoms with Gasteiger partial charge in [0.15, 0.2) is 0 Å². The average molecular weight is 394 g/mol. The highest BCUT2D eigenvalue weighted by Crippen LogP contribution is 2.33. The normalized spacial score (nSPS) is 20.3. The van der Waals surface area contributed by atoms with E-state index in [1.165, 1.54) is 0 Å². The Morgan fingerprint density at radius 1 is 1.19 bits per heavy atom. The van der Waals surface area contributed by atoms with Crippen molar-refractivity contribution in [3.63, 3.8) is 0 Å². The van der Waals surface area contributed by atoms with Gasteiger partial charge in [-0.3, -0.25) is 4.31 Å². The maximum Gasteiger partial charge on any atom is 0.239 e. The molecule has 0 bridgehead atoms. The lowest BCUT2D eigenvalue weighted by atomic mass is 10.1. The summed E-state index contributed by atoms with van der Waals surface area (Å²) in [4.78, 5) is 10.00. The minimum Gasteiger partial charge on any atom is -0.368 e. The number of halogens is 1. The molecule has 1 unspecified atom stereocenters. The van der Waals surface area contributed by atoms with E-state index in [2.05, 4.69) is 9.97 Å². The molecule has 1 saturated heterocycles. The van der Waals surface area contributed by atoms with Crippen molar-refractivity contribution < 1.29 is 8.42 Å². The van der Waals surface area contributed by atoms with Crippen LogP contribution in [0.5, 0.6) is 0 Å². The Kier molecular flexibility index (Phi) is 4.40. The van der Waals surface area contributed by atoms with Gasteiger partial charge in [0.05, 0.1) is 10.9 Å². The molecule has 2 aliphatic heterocycles. The minimum absolute atomic E-state index is 0.0888. The fourth-order valence-electron chi connectivity index (χ4n) is 3.73. The average Bonchev–Trinajstić information content (AvgIpc) is 3.06. The number of fused-ring (bicyclic) bond motifs is 1. The summed E-state index contributed by atoms with van der Waals surface area (Å²) in [6.45, 7) is 1.59. The summed E-state index contributed by atoms with van der Waals surface area (Å²) in [7, 11) is -3.45. The van der Waals surface area contributed by atoms with Crippen molar-refractivity contribution in [2.75, 3.05) is 34.6 Å². The van der Waals surface area contributed by atoms with Crippen molar-refractivity contribution in [3.05, 3.63) is 41.0 Å². The zero-order valence-electron chi connectivity index (χ0n) is 14.2. The van der Waals surface area contributed by atoms with E-state index in [0.29, 0.717) is 25.3 Å². The molecule has 1 aromatic heterocycles. The quantitative estimate of drug-likeness (QED) is 0.802. The lowest BCUT2D eigenvalue weighted by Crippen LogP contribution is -2.48. The maximum absolute atomic E-state index is 13.3. The van der Waals surface area contributed by atoms with Crippen LogP contribution in [0.3, 0.4) is 0 Å². The van der Waals surface area contributed by atoms with Crippen molar-refractivity contribution in [3.8, 4) is 0 Å². The molecular weight excluding hydrogens is 374 g/mol. The SMILES string of the molecule is Nc1nc(Cl)cc(N2CCCC(S(=O)(=O)N3CCc4ccccc43)C2)n1. The number of rotatable bonds is 3. The van der Waals surface area contributed by atoms with E-state index in [-0.39, 0.29) is 11.1 Å². The molecule has 1 aromatic carbocycles. The first-order valence-corrected chi connectivity index (χ1v) is 10.5. The van der Waals surface area contributed by atoms with E-state index in [0.717, 1.165) is 30.6 Å². The van der Waals surface area contributed by atoms with Crippen LogP contribution in [0.25, 0.3) is 0 Å². The molecule has 0 amide bonds. The number of nitrogens with zero attached hydrogens (tertiary/aromatic N) is 4. The van der Waals surface area contributed by atoms with E-state index in [4.69, 9.17) is 17.3 Å². The van der Waals surface area contributed by atoms with Gasteiger partial charge < -0.3 is 10.6 Å². The summed E-state index contributed by atoms with van der Waals surface area (Å²) in [6, 6.07) is 9.32. The monoisotopic (exact) mass is 393 g/mol. The number of anilines is 3. The Hall–Kier alpha value is -2.06. The number of nitrogens with two attached hydrogens (primary N) is 1. The molecule has 2 N–H and O–H groups in total. The van der Waals surface area contributed by atoms with E-state index in [1.54, 1.807) is 10.4 Å². The van der Waals surface area contributed by atoms with Crippen molar-refractivity contribution in [1.82, 2.24) is 9.97 Å². The van der Waals surface area contributed by atoms with Crippen LogP contribution < -0.4 is 14.9 Å². The van der Waals surface area contributed by atoms with E-state index >= 15 is 0 Å². The molecule has 7 nitrogen and oxygen atoms in total. The van der Waals surface area contributed by atoms with Crippen LogP contribution >= 0.6 is 11.6 Å². The molecule has 0 saturated carbocycles. The maximum atomic E-state index is 13.3. The first-order chi connectivity index (χ1) is 12.4. The summed E-state index contributed by atoms with van der Waals surface area (Å²) in [6.07, 6.45) is 2.15. The summed E-state index contributed by atoms with van der Waals surface area (Å²) in [5.74, 6) is 0.662. The number of para-hydroxylation sites is 1. The van der Waals surface area contributed by atoms with Crippen molar-refractivity contribution >= 4 is 39.1 Å². The predicted octanol–water partition coefficient (Wildman–Crippen LogP) is 2.07. The Morgan fingerprint density at radius 2 is 2.00 bits per heavy atom. The fourth-order valence-corrected chi connectivity index (χ4v) is 5.90. The number of hydrogen-bond donors (Lipinski definition) is 1. The van der Waals surface area contributed by atoms with Crippen LogP contribution in [-0.4, -0.2) is 43.3 Å². The van der Waals surface area contributed by atoms with Crippen LogP contribution in [0.15, 0.2) is 30.3 Å². The number of piperidine rings is 1. The van der Waals surface area contributed by atoms with Crippen molar-refractivity contribution in [1.29, 1.82) is 0 Å². The number of nitrogen functional groups attached to an aromatic ring is 1. The van der Waals surface area contributed by atoms with E-state index in [9.17, 15) is 8.42 Å². The molecule has 2 aromatic rings. The molecule has 4 rings (SSSR count). The Balaban J connectivity index is 1.59. The Labute approximate surface area is 157 Å². The van der Waals surface area contributed by atoms with E-state index < -0.39 is 15.3 Å². The van der Waals surface area contributed by atoms with Gasteiger partial charge in [-0.2, -0.15) is 4.98 Å². The molecule has 1 fully saturated rings. The van der Waals surface area contributed by atoms with Crippen molar-refractivity contribution in [2.24, 2.45) is 0 Å². The highest BCUT2D eigenvalue weighted by molar-refractivity contribution is 7.93. The van der Waals surface area contributed by atoms with Gasteiger partial charge >= 0.3 is 0 Å². The van der Waals surface area contributed by atoms with Crippen LogP contribution in [0.4, 0.5) is 17.5 Å². The first kappa shape index (κ1) is 17.4. The zero-order chi connectivity index (χ0) is 18.3. The van der Waals surface area contributed by atoms with Crippen LogP contribution in [0, 0.1) is 0 Å². The topological polar surface area (TPSA) is 92.4 Å². The summed E-state index contributed by atoms with van der Waals surface area (Å²) in [5.41, 5.74) is 7.57. The predicted molar refractivity (Wildman–Crippen MR) is 103 cm³/mol. The summed E-state index contributed by atoms with van der Waals surface area (Å²) in [5, 5.41) is -0.233. The molecule has 26 heavy (non-hydrogen) atoms.